The van der Waals surface area contributed by atoms with Crippen LogP contribution in [0.1, 0.15) is 12.0 Å². The fourth-order valence-corrected chi connectivity index (χ4v) is 5.02. The quantitative estimate of drug-likeness (QED) is 0.680. The third kappa shape index (κ3) is 4.51. The van der Waals surface area contributed by atoms with Crippen molar-refractivity contribution >= 4 is 19.9 Å². The Bertz CT molecular complexity index is 782. The lowest BCUT2D eigenvalue weighted by Gasteiger charge is -2.11. The number of hydrogen-bond acceptors (Lipinski definition) is 6. The Labute approximate surface area is 130 Å². The van der Waals surface area contributed by atoms with Crippen LogP contribution in [0.5, 0.6) is 0 Å². The van der Waals surface area contributed by atoms with Crippen LogP contribution in [-0.4, -0.2) is 47.5 Å². The molecular formula is C13H17N3O4S2. The van der Waals surface area contributed by atoms with Gasteiger partial charge in [0.25, 0.3) is 0 Å². The van der Waals surface area contributed by atoms with Gasteiger partial charge >= 0.3 is 0 Å². The van der Waals surface area contributed by atoms with E-state index < -0.39 is 19.9 Å². The highest BCUT2D eigenvalue weighted by Crippen LogP contribution is 2.11. The highest BCUT2D eigenvalue weighted by atomic mass is 32.2. The molecule has 0 aromatic heterocycles. The van der Waals surface area contributed by atoms with Crippen LogP contribution in [-0.2, 0) is 19.9 Å². The molecule has 7 nitrogen and oxygen atoms in total. The molecule has 2 rings (SSSR count). The van der Waals surface area contributed by atoms with Gasteiger partial charge in [0.05, 0.1) is 28.0 Å². The third-order valence-corrected chi connectivity index (χ3v) is 6.58. The Morgan fingerprint density at radius 3 is 2.73 bits per heavy atom. The molecule has 9 heteroatoms. The van der Waals surface area contributed by atoms with E-state index in [-0.39, 0.29) is 34.6 Å². The van der Waals surface area contributed by atoms with Crippen molar-refractivity contribution in [2.45, 2.75) is 17.4 Å². The zero-order valence-electron chi connectivity index (χ0n) is 11.8. The first-order valence-corrected chi connectivity index (χ1v) is 10.1. The zero-order valence-corrected chi connectivity index (χ0v) is 13.5. The summed E-state index contributed by atoms with van der Waals surface area (Å²) < 4.78 is 49.1. The maximum atomic E-state index is 12.1. The van der Waals surface area contributed by atoms with Crippen molar-refractivity contribution in [2.24, 2.45) is 0 Å². The molecule has 1 aliphatic heterocycles. The number of sulfone groups is 1. The normalized spacial score (nSPS) is 20.6. The minimum absolute atomic E-state index is 0.0370. The number of nitrogens with one attached hydrogen (secondary N) is 2. The van der Waals surface area contributed by atoms with E-state index >= 15 is 0 Å². The summed E-state index contributed by atoms with van der Waals surface area (Å²) in [5.74, 6) is 0.279. The SMILES string of the molecule is N#Cc1cccc(S(=O)(=O)NCCN[C@H]2CCS(=O)(=O)C2)c1. The molecule has 2 N–H and O–H groups in total. The second-order valence-electron chi connectivity index (χ2n) is 5.09. The smallest absolute Gasteiger partial charge is 0.240 e. The maximum absolute atomic E-state index is 12.1. The summed E-state index contributed by atoms with van der Waals surface area (Å²) >= 11 is 0. The van der Waals surface area contributed by atoms with Gasteiger partial charge in [-0.05, 0) is 24.6 Å². The van der Waals surface area contributed by atoms with Crippen molar-refractivity contribution < 1.29 is 16.8 Å². The molecular weight excluding hydrogens is 326 g/mol. The number of rotatable bonds is 6. The zero-order chi connectivity index (χ0) is 16.2. The lowest BCUT2D eigenvalue weighted by Crippen LogP contribution is -2.37. The first-order chi connectivity index (χ1) is 10.3. The van der Waals surface area contributed by atoms with E-state index in [4.69, 9.17) is 5.26 Å². The molecule has 0 amide bonds. The molecule has 120 valence electrons. The summed E-state index contributed by atoms with van der Waals surface area (Å²) in [6, 6.07) is 7.53. The Hall–Kier alpha value is -1.47. The van der Waals surface area contributed by atoms with Gasteiger partial charge in [-0.15, -0.1) is 0 Å². The molecule has 1 atom stereocenters. The molecule has 1 fully saturated rings. The molecule has 1 saturated heterocycles. The van der Waals surface area contributed by atoms with Crippen molar-refractivity contribution in [1.82, 2.24) is 10.0 Å². The lowest BCUT2D eigenvalue weighted by molar-refractivity contribution is 0.542. The standard InChI is InChI=1S/C13H17N3O4S2/c14-9-11-2-1-3-13(8-11)22(19,20)16-6-5-15-12-4-7-21(17,18)10-12/h1-3,8,12,15-16H,4-7,10H2/t12-/m0/s1. The van der Waals surface area contributed by atoms with E-state index in [1.54, 1.807) is 0 Å². The van der Waals surface area contributed by atoms with Crippen LogP contribution in [0.25, 0.3) is 0 Å². The molecule has 1 heterocycles. The van der Waals surface area contributed by atoms with Crippen LogP contribution in [0.3, 0.4) is 0 Å². The molecule has 0 radical (unpaired) electrons. The molecule has 0 spiro atoms. The summed E-state index contributed by atoms with van der Waals surface area (Å²) in [6.07, 6.45) is 0.555. The highest BCUT2D eigenvalue weighted by molar-refractivity contribution is 7.91. The van der Waals surface area contributed by atoms with Gasteiger partial charge < -0.3 is 5.32 Å². The van der Waals surface area contributed by atoms with Gasteiger partial charge in [0, 0.05) is 19.1 Å². The van der Waals surface area contributed by atoms with Gasteiger partial charge in [-0.3, -0.25) is 0 Å². The summed E-state index contributed by atoms with van der Waals surface area (Å²) in [5.41, 5.74) is 0.275. The number of sulfonamides is 1. The van der Waals surface area contributed by atoms with Crippen LogP contribution in [0.15, 0.2) is 29.2 Å². The first-order valence-electron chi connectivity index (χ1n) is 6.76. The highest BCUT2D eigenvalue weighted by Gasteiger charge is 2.27. The minimum Gasteiger partial charge on any atom is -0.312 e. The molecule has 0 aliphatic carbocycles. The van der Waals surface area contributed by atoms with Crippen LogP contribution in [0.4, 0.5) is 0 Å². The monoisotopic (exact) mass is 343 g/mol. The Morgan fingerprint density at radius 1 is 1.32 bits per heavy atom. The van der Waals surface area contributed by atoms with Gasteiger partial charge in [0.15, 0.2) is 9.84 Å². The molecule has 0 bridgehead atoms. The Kier molecular flexibility index (Phi) is 5.18. The van der Waals surface area contributed by atoms with Crippen molar-refractivity contribution in [3.8, 4) is 6.07 Å². The van der Waals surface area contributed by atoms with Crippen LogP contribution >= 0.6 is 0 Å². The summed E-state index contributed by atoms with van der Waals surface area (Å²) in [4.78, 5) is 0.0370. The largest absolute Gasteiger partial charge is 0.312 e. The second-order valence-corrected chi connectivity index (χ2v) is 9.09. The van der Waals surface area contributed by atoms with Crippen molar-refractivity contribution in [3.05, 3.63) is 29.8 Å². The number of nitriles is 1. The molecule has 22 heavy (non-hydrogen) atoms. The second kappa shape index (κ2) is 6.75. The van der Waals surface area contributed by atoms with Crippen molar-refractivity contribution in [3.63, 3.8) is 0 Å². The van der Waals surface area contributed by atoms with Crippen LogP contribution < -0.4 is 10.0 Å². The summed E-state index contributed by atoms with van der Waals surface area (Å²) in [6.45, 7) is 0.493. The average Bonchev–Trinajstić information content (AvgIpc) is 2.83. The van der Waals surface area contributed by atoms with E-state index in [0.29, 0.717) is 13.0 Å². The van der Waals surface area contributed by atoms with Crippen molar-refractivity contribution in [1.29, 1.82) is 5.26 Å². The first kappa shape index (κ1) is 16.9. The average molecular weight is 343 g/mol. The van der Waals surface area contributed by atoms with Gasteiger partial charge in [-0.2, -0.15) is 5.26 Å². The van der Waals surface area contributed by atoms with Crippen molar-refractivity contribution in [2.75, 3.05) is 24.6 Å². The van der Waals surface area contributed by atoms with Gasteiger partial charge in [-0.25, -0.2) is 21.6 Å². The maximum Gasteiger partial charge on any atom is 0.240 e. The number of benzene rings is 1. The molecule has 1 aromatic carbocycles. The molecule has 1 aliphatic rings. The van der Waals surface area contributed by atoms with Gasteiger partial charge in [0.1, 0.15) is 0 Å². The minimum atomic E-state index is -3.67. The van der Waals surface area contributed by atoms with E-state index in [2.05, 4.69) is 10.0 Å². The topological polar surface area (TPSA) is 116 Å². The lowest BCUT2D eigenvalue weighted by atomic mass is 10.2. The summed E-state index contributed by atoms with van der Waals surface area (Å²) in [5, 5.41) is 11.8. The number of hydrogen-bond donors (Lipinski definition) is 2. The fourth-order valence-electron chi connectivity index (χ4n) is 2.23. The third-order valence-electron chi connectivity index (χ3n) is 3.36. The predicted octanol–water partition coefficient (Wildman–Crippen LogP) is -0.387. The molecule has 0 saturated carbocycles. The number of nitrogens with zero attached hydrogens (tertiary/aromatic N) is 1. The van der Waals surface area contributed by atoms with Gasteiger partial charge in [0.2, 0.25) is 10.0 Å². The molecule has 0 unspecified atom stereocenters. The predicted molar refractivity (Wildman–Crippen MR) is 81.4 cm³/mol. The summed E-state index contributed by atoms with van der Waals surface area (Å²) in [7, 11) is -6.61. The fraction of sp³-hybridized carbons (Fsp3) is 0.462. The van der Waals surface area contributed by atoms with E-state index in [1.165, 1.54) is 24.3 Å². The van der Waals surface area contributed by atoms with E-state index in [9.17, 15) is 16.8 Å². The Morgan fingerprint density at radius 2 is 2.09 bits per heavy atom. The van der Waals surface area contributed by atoms with Crippen LogP contribution in [0, 0.1) is 11.3 Å². The Balaban J connectivity index is 1.84. The van der Waals surface area contributed by atoms with E-state index in [0.717, 1.165) is 0 Å². The van der Waals surface area contributed by atoms with Crippen LogP contribution in [0.2, 0.25) is 0 Å². The molecule has 1 aromatic rings. The van der Waals surface area contributed by atoms with Gasteiger partial charge in [-0.1, -0.05) is 6.07 Å². The van der Waals surface area contributed by atoms with E-state index in [1.807, 2.05) is 6.07 Å².